The van der Waals surface area contributed by atoms with Gasteiger partial charge in [-0.25, -0.2) is 0 Å². The van der Waals surface area contributed by atoms with Crippen molar-refractivity contribution in [3.63, 3.8) is 0 Å². The smallest absolute Gasteiger partial charge is 0.0878 e. The molecule has 1 heteroatoms. The fraction of sp³-hybridized carbons (Fsp3) is 0.190. The lowest BCUT2D eigenvalue weighted by Gasteiger charge is -2.51. The van der Waals surface area contributed by atoms with Gasteiger partial charge in [0.2, 0.25) is 0 Å². The summed E-state index contributed by atoms with van der Waals surface area (Å²) in [6.07, 6.45) is 0.329. The van der Waals surface area contributed by atoms with Gasteiger partial charge in [0.15, 0.2) is 0 Å². The topological polar surface area (TPSA) is 9.23 Å². The Hall–Kier alpha value is -4.46. The van der Waals surface area contributed by atoms with E-state index >= 15 is 0 Å². The summed E-state index contributed by atoms with van der Waals surface area (Å²) < 4.78 is 7.09. The van der Waals surface area contributed by atoms with Gasteiger partial charge in [0.05, 0.1) is 12.2 Å². The summed E-state index contributed by atoms with van der Waals surface area (Å²) >= 11 is 0. The second-order valence-corrected chi connectivity index (χ2v) is 13.8. The van der Waals surface area contributed by atoms with Crippen LogP contribution in [-0.2, 0) is 4.74 Å². The van der Waals surface area contributed by atoms with Gasteiger partial charge >= 0.3 is 0 Å². The van der Waals surface area contributed by atoms with E-state index in [0.717, 1.165) is 0 Å². The predicted molar refractivity (Wildman–Crippen MR) is 169 cm³/mol. The van der Waals surface area contributed by atoms with Gasteiger partial charge in [0.25, 0.3) is 0 Å². The van der Waals surface area contributed by atoms with Crippen LogP contribution < -0.4 is 0 Å². The average molecular weight is 549 g/mol. The summed E-state index contributed by atoms with van der Waals surface area (Å²) in [5.74, 6) is 2.43. The van der Waals surface area contributed by atoms with Crippen LogP contribution in [0.15, 0.2) is 121 Å². The van der Waals surface area contributed by atoms with Crippen LogP contribution in [0.25, 0.3) is 10.8 Å². The lowest BCUT2D eigenvalue weighted by Crippen LogP contribution is -2.42. The van der Waals surface area contributed by atoms with E-state index in [1.54, 1.807) is 0 Å². The summed E-state index contributed by atoms with van der Waals surface area (Å²) in [5.41, 5.74) is 18.0. The average Bonchev–Trinajstić information content (AvgIpc) is 3.64. The minimum Gasteiger partial charge on any atom is -0.365 e. The van der Waals surface area contributed by atoms with Crippen molar-refractivity contribution < 1.29 is 4.74 Å². The molecule has 0 radical (unpaired) electrons. The molecule has 0 N–H and O–H groups in total. The number of ether oxygens (including phenoxy) is 1. The molecule has 0 amide bonds. The normalized spacial score (nSPS) is 30.2. The molecule has 202 valence electrons. The van der Waals surface area contributed by atoms with Crippen LogP contribution in [0.5, 0.6) is 0 Å². The Kier molecular flexibility index (Phi) is 3.79. The zero-order chi connectivity index (χ0) is 27.6. The summed E-state index contributed by atoms with van der Waals surface area (Å²) in [5, 5.41) is 2.74. The van der Waals surface area contributed by atoms with E-state index in [9.17, 15) is 0 Å². The van der Waals surface area contributed by atoms with Gasteiger partial charge in [-0.05, 0) is 102 Å². The molecule has 0 unspecified atom stereocenters. The van der Waals surface area contributed by atoms with Crippen LogP contribution in [0.3, 0.4) is 0 Å². The first-order valence-corrected chi connectivity index (χ1v) is 16.0. The maximum absolute atomic E-state index is 7.09. The molecule has 8 aliphatic rings. The standard InChI is InChI=1S/C42H28O/c1-2-10-24-23(9-1)35-25-11-3-4-12-26(25)36(24)32-18-22-20-34-33(19-21(22)17-31(32)35)41-39-37-27-13-5-7-15-29(27)38(40(39)42(34)43-41)30-16-8-6-14-28(30)37/h1-20,35-42H/t35?,36?,37?,38?,39-,40-,41-,42+/m0/s1. The highest BCUT2D eigenvalue weighted by atomic mass is 16.5. The summed E-state index contributed by atoms with van der Waals surface area (Å²) in [7, 11) is 0. The first-order valence-electron chi connectivity index (χ1n) is 16.0. The van der Waals surface area contributed by atoms with Gasteiger partial charge in [-0.15, -0.1) is 0 Å². The fourth-order valence-corrected chi connectivity index (χ4v) is 10.9. The fourth-order valence-electron chi connectivity index (χ4n) is 10.9. The lowest BCUT2D eigenvalue weighted by atomic mass is 9.50. The molecule has 1 fully saturated rings. The van der Waals surface area contributed by atoms with Crippen molar-refractivity contribution in [2.75, 3.05) is 0 Å². The van der Waals surface area contributed by atoms with Crippen LogP contribution >= 0.6 is 0 Å². The van der Waals surface area contributed by atoms with E-state index in [0.29, 0.717) is 35.5 Å². The number of hydrogen-bond acceptors (Lipinski definition) is 1. The van der Waals surface area contributed by atoms with Gasteiger partial charge in [-0.3, -0.25) is 0 Å². The van der Waals surface area contributed by atoms with Gasteiger partial charge < -0.3 is 4.74 Å². The minimum atomic E-state index is 0.164. The monoisotopic (exact) mass is 548 g/mol. The van der Waals surface area contributed by atoms with E-state index in [4.69, 9.17) is 4.74 Å². The van der Waals surface area contributed by atoms with Crippen molar-refractivity contribution in [2.24, 2.45) is 11.8 Å². The molecular formula is C42H28O. The first kappa shape index (κ1) is 22.1. The van der Waals surface area contributed by atoms with Crippen LogP contribution in [0.4, 0.5) is 0 Å². The molecule has 6 bridgehead atoms. The third kappa shape index (κ3) is 2.44. The highest BCUT2D eigenvalue weighted by molar-refractivity contribution is 5.89. The summed E-state index contributed by atoms with van der Waals surface area (Å²) in [6, 6.07) is 46.9. The van der Waals surface area contributed by atoms with Crippen molar-refractivity contribution in [1.82, 2.24) is 0 Å². The molecule has 1 saturated heterocycles. The maximum Gasteiger partial charge on any atom is 0.0878 e. The Morgan fingerprint density at radius 1 is 0.326 bits per heavy atom. The highest BCUT2D eigenvalue weighted by Gasteiger charge is 2.63. The molecule has 4 atom stereocenters. The lowest BCUT2D eigenvalue weighted by molar-refractivity contribution is 0.0533. The van der Waals surface area contributed by atoms with Crippen molar-refractivity contribution in [1.29, 1.82) is 0 Å². The SMILES string of the molecule is c1ccc2c(c1)C1c3ccccc3C2c2cc3cc4c(cc3cc21)[C@H]1O[C@@H]4[C@H]2C3c4ccccc4C(c4ccccc43)[C@@H]21. The molecule has 6 aromatic carbocycles. The first-order chi connectivity index (χ1) is 21.3. The molecule has 0 aromatic heterocycles. The van der Waals surface area contributed by atoms with Gasteiger partial charge in [-0.2, -0.15) is 0 Å². The Morgan fingerprint density at radius 3 is 0.977 bits per heavy atom. The van der Waals surface area contributed by atoms with Crippen LogP contribution in [0.2, 0.25) is 0 Å². The van der Waals surface area contributed by atoms with E-state index in [1.165, 1.54) is 77.5 Å². The molecule has 1 nitrogen and oxygen atoms in total. The highest BCUT2D eigenvalue weighted by Crippen LogP contribution is 2.72. The van der Waals surface area contributed by atoms with E-state index in [2.05, 4.69) is 121 Å². The Balaban J connectivity index is 1.06. The molecule has 2 heterocycles. The zero-order valence-corrected chi connectivity index (χ0v) is 23.6. The molecule has 6 aromatic rings. The van der Waals surface area contributed by atoms with Gasteiger partial charge in [0.1, 0.15) is 0 Å². The van der Waals surface area contributed by atoms with Gasteiger partial charge in [-0.1, -0.05) is 97.1 Å². The van der Waals surface area contributed by atoms with Gasteiger partial charge in [0, 0.05) is 35.5 Å². The predicted octanol–water partition coefficient (Wildman–Crippen LogP) is 9.48. The van der Waals surface area contributed by atoms with Crippen molar-refractivity contribution in [3.05, 3.63) is 188 Å². The van der Waals surface area contributed by atoms with E-state index < -0.39 is 0 Å². The number of benzene rings is 6. The molecule has 14 rings (SSSR count). The second kappa shape index (κ2) is 7.36. The van der Waals surface area contributed by atoms with Crippen molar-refractivity contribution >= 4 is 10.8 Å². The number of fused-ring (bicyclic) bond motifs is 6. The van der Waals surface area contributed by atoms with E-state index in [1.807, 2.05) is 0 Å². The van der Waals surface area contributed by atoms with Crippen LogP contribution in [0.1, 0.15) is 103 Å². The molecule has 43 heavy (non-hydrogen) atoms. The quantitative estimate of drug-likeness (QED) is 0.183. The zero-order valence-electron chi connectivity index (χ0n) is 23.6. The van der Waals surface area contributed by atoms with Crippen molar-refractivity contribution in [2.45, 2.75) is 35.9 Å². The minimum absolute atomic E-state index is 0.164. The van der Waals surface area contributed by atoms with E-state index in [-0.39, 0.29) is 12.2 Å². The molecular weight excluding hydrogens is 520 g/mol. The van der Waals surface area contributed by atoms with Crippen LogP contribution in [-0.4, -0.2) is 0 Å². The molecule has 0 spiro atoms. The number of hydrogen-bond donors (Lipinski definition) is 0. The number of rotatable bonds is 0. The maximum atomic E-state index is 7.09. The third-order valence-electron chi connectivity index (χ3n) is 12.3. The third-order valence-corrected chi connectivity index (χ3v) is 12.3. The summed E-state index contributed by atoms with van der Waals surface area (Å²) in [4.78, 5) is 0. The second-order valence-electron chi connectivity index (χ2n) is 13.8. The van der Waals surface area contributed by atoms with Crippen molar-refractivity contribution in [3.8, 4) is 0 Å². The Labute approximate surface area is 250 Å². The Morgan fingerprint density at radius 2 is 0.628 bits per heavy atom. The largest absolute Gasteiger partial charge is 0.365 e. The van der Waals surface area contributed by atoms with Crippen LogP contribution in [0, 0.1) is 11.8 Å². The molecule has 6 aliphatic carbocycles. The Bertz CT molecular complexity index is 1990. The summed E-state index contributed by atoms with van der Waals surface area (Å²) in [6.45, 7) is 0. The molecule has 0 saturated carbocycles. The molecule has 2 aliphatic heterocycles.